The van der Waals surface area contributed by atoms with E-state index in [2.05, 4.69) is 56.4 Å². The van der Waals surface area contributed by atoms with Gasteiger partial charge in [0.2, 0.25) is 0 Å². The smallest absolute Gasteiger partial charge is 0.00469 e. The second kappa shape index (κ2) is 3.02. The summed E-state index contributed by atoms with van der Waals surface area (Å²) in [5.74, 6) is 0.576. The Morgan fingerprint density at radius 1 is 1.38 bits per heavy atom. The first-order valence-electron chi connectivity index (χ1n) is 4.92. The Balaban J connectivity index is 2.39. The third kappa shape index (κ3) is 1.53. The van der Waals surface area contributed by atoms with Gasteiger partial charge in [-0.05, 0) is 18.8 Å². The first-order valence-corrected chi connectivity index (χ1v) is 4.92. The van der Waals surface area contributed by atoms with Gasteiger partial charge in [0.1, 0.15) is 0 Å². The summed E-state index contributed by atoms with van der Waals surface area (Å²) in [6.45, 7) is 4.51. The van der Waals surface area contributed by atoms with Crippen LogP contribution in [0.4, 0.5) is 0 Å². The maximum absolute atomic E-state index is 2.36. The van der Waals surface area contributed by atoms with Crippen molar-refractivity contribution in [3.05, 3.63) is 48.1 Å². The molecular weight excluding hydrogens is 156 g/mol. The molecule has 0 nitrogen and oxygen atoms in total. The van der Waals surface area contributed by atoms with Crippen LogP contribution in [0.25, 0.3) is 0 Å². The Hall–Kier alpha value is -1.04. The number of hydrogen-bond acceptors (Lipinski definition) is 0. The van der Waals surface area contributed by atoms with Gasteiger partial charge in [-0.15, -0.1) is 0 Å². The van der Waals surface area contributed by atoms with E-state index in [9.17, 15) is 0 Å². The van der Waals surface area contributed by atoms with Crippen LogP contribution in [0.5, 0.6) is 0 Å². The second-order valence-corrected chi connectivity index (χ2v) is 4.29. The van der Waals surface area contributed by atoms with Gasteiger partial charge in [-0.2, -0.15) is 0 Å². The lowest BCUT2D eigenvalue weighted by atomic mass is 9.72. The van der Waals surface area contributed by atoms with Gasteiger partial charge in [0.25, 0.3) is 0 Å². The van der Waals surface area contributed by atoms with E-state index in [-0.39, 0.29) is 0 Å². The van der Waals surface area contributed by atoms with Crippen LogP contribution in [0.1, 0.15) is 20.3 Å². The van der Waals surface area contributed by atoms with Crippen molar-refractivity contribution in [2.45, 2.75) is 20.3 Å². The molecule has 0 fully saturated rings. The zero-order valence-corrected chi connectivity index (χ0v) is 8.33. The van der Waals surface area contributed by atoms with E-state index >= 15 is 0 Å². The molecule has 2 aliphatic rings. The molecule has 2 atom stereocenters. The van der Waals surface area contributed by atoms with Gasteiger partial charge in [0, 0.05) is 5.92 Å². The van der Waals surface area contributed by atoms with E-state index in [1.807, 2.05) is 0 Å². The SMILES string of the molecule is CC1=CC2C=CC=CC2(C)CC=C1. The molecule has 13 heavy (non-hydrogen) atoms. The van der Waals surface area contributed by atoms with Crippen LogP contribution in [-0.4, -0.2) is 0 Å². The zero-order chi connectivity index (χ0) is 9.31. The average molecular weight is 172 g/mol. The van der Waals surface area contributed by atoms with Gasteiger partial charge in [0.15, 0.2) is 0 Å². The summed E-state index contributed by atoms with van der Waals surface area (Å²) in [4.78, 5) is 0. The van der Waals surface area contributed by atoms with Gasteiger partial charge in [0.05, 0.1) is 0 Å². The maximum atomic E-state index is 2.36. The minimum Gasteiger partial charge on any atom is -0.0834 e. The van der Waals surface area contributed by atoms with Crippen molar-refractivity contribution in [1.29, 1.82) is 0 Å². The molecule has 0 heterocycles. The zero-order valence-electron chi connectivity index (χ0n) is 8.33. The van der Waals surface area contributed by atoms with Gasteiger partial charge in [-0.25, -0.2) is 0 Å². The summed E-state index contributed by atoms with van der Waals surface area (Å²) < 4.78 is 0. The fraction of sp³-hybridized carbons (Fsp3) is 0.385. The van der Waals surface area contributed by atoms with Crippen LogP contribution < -0.4 is 0 Å². The molecule has 0 aromatic heterocycles. The molecule has 2 rings (SSSR count). The van der Waals surface area contributed by atoms with E-state index < -0.39 is 0 Å². The second-order valence-electron chi connectivity index (χ2n) is 4.29. The van der Waals surface area contributed by atoms with E-state index in [1.165, 1.54) is 5.57 Å². The summed E-state index contributed by atoms with van der Waals surface area (Å²) in [5, 5.41) is 0. The van der Waals surface area contributed by atoms with Crippen molar-refractivity contribution >= 4 is 0 Å². The fourth-order valence-electron chi connectivity index (χ4n) is 2.08. The Labute approximate surface area is 80.3 Å². The number of fused-ring (bicyclic) bond motifs is 1. The van der Waals surface area contributed by atoms with E-state index in [0.717, 1.165) is 6.42 Å². The van der Waals surface area contributed by atoms with Crippen molar-refractivity contribution in [2.24, 2.45) is 11.3 Å². The minimum atomic E-state index is 0.309. The van der Waals surface area contributed by atoms with Gasteiger partial charge in [-0.3, -0.25) is 0 Å². The molecule has 0 aromatic carbocycles. The van der Waals surface area contributed by atoms with Gasteiger partial charge in [-0.1, -0.05) is 55.0 Å². The van der Waals surface area contributed by atoms with E-state index in [4.69, 9.17) is 0 Å². The minimum absolute atomic E-state index is 0.309. The normalized spacial score (nSPS) is 36.8. The third-order valence-corrected chi connectivity index (χ3v) is 3.05. The number of hydrogen-bond donors (Lipinski definition) is 0. The molecule has 0 amide bonds. The first-order chi connectivity index (χ1) is 6.21. The van der Waals surface area contributed by atoms with Crippen molar-refractivity contribution in [1.82, 2.24) is 0 Å². The van der Waals surface area contributed by atoms with Crippen LogP contribution in [0.3, 0.4) is 0 Å². The Morgan fingerprint density at radius 2 is 2.23 bits per heavy atom. The Bertz CT molecular complexity index is 315. The molecule has 0 heteroatoms. The van der Waals surface area contributed by atoms with E-state index in [1.54, 1.807) is 0 Å². The highest BCUT2D eigenvalue weighted by Gasteiger charge is 2.29. The van der Waals surface area contributed by atoms with Crippen LogP contribution in [0.15, 0.2) is 48.1 Å². The highest BCUT2D eigenvalue weighted by molar-refractivity contribution is 5.31. The van der Waals surface area contributed by atoms with Crippen LogP contribution in [0, 0.1) is 11.3 Å². The molecule has 0 radical (unpaired) electrons. The lowest BCUT2D eigenvalue weighted by Crippen LogP contribution is -2.22. The maximum Gasteiger partial charge on any atom is 0.00469 e. The Morgan fingerprint density at radius 3 is 3.08 bits per heavy atom. The first kappa shape index (κ1) is 8.55. The number of rotatable bonds is 0. The largest absolute Gasteiger partial charge is 0.0834 e. The van der Waals surface area contributed by atoms with Crippen LogP contribution >= 0.6 is 0 Å². The van der Waals surface area contributed by atoms with Gasteiger partial charge >= 0.3 is 0 Å². The lowest BCUT2D eigenvalue weighted by molar-refractivity contribution is 0.360. The van der Waals surface area contributed by atoms with Crippen LogP contribution in [-0.2, 0) is 0 Å². The molecule has 2 aliphatic carbocycles. The van der Waals surface area contributed by atoms with Crippen molar-refractivity contribution < 1.29 is 0 Å². The van der Waals surface area contributed by atoms with Gasteiger partial charge < -0.3 is 0 Å². The van der Waals surface area contributed by atoms with Crippen molar-refractivity contribution in [3.8, 4) is 0 Å². The van der Waals surface area contributed by atoms with Crippen molar-refractivity contribution in [2.75, 3.05) is 0 Å². The number of allylic oxidation sites excluding steroid dienone is 8. The molecule has 68 valence electrons. The lowest BCUT2D eigenvalue weighted by Gasteiger charge is -2.31. The average Bonchev–Trinajstić information content (AvgIpc) is 2.23. The monoisotopic (exact) mass is 172 g/mol. The molecule has 2 unspecified atom stereocenters. The highest BCUT2D eigenvalue weighted by Crippen LogP contribution is 2.39. The van der Waals surface area contributed by atoms with E-state index in [0.29, 0.717) is 11.3 Å². The standard InChI is InChI=1S/C13H16/c1-11-6-5-9-13(2)8-4-3-7-12(13)10-11/h3-8,10,12H,9H2,1-2H3. The fourth-order valence-corrected chi connectivity index (χ4v) is 2.08. The molecule has 0 aromatic rings. The predicted molar refractivity (Wildman–Crippen MR) is 57.4 cm³/mol. The summed E-state index contributed by atoms with van der Waals surface area (Å²) >= 11 is 0. The molecule has 0 spiro atoms. The van der Waals surface area contributed by atoms with Crippen LogP contribution in [0.2, 0.25) is 0 Å². The molecule has 0 aliphatic heterocycles. The third-order valence-electron chi connectivity index (χ3n) is 3.05. The summed E-state index contributed by atoms with van der Waals surface area (Å²) in [5.41, 5.74) is 1.69. The Kier molecular flexibility index (Phi) is 1.99. The molecule has 0 saturated carbocycles. The summed E-state index contributed by atoms with van der Waals surface area (Å²) in [6, 6.07) is 0. The molecule has 0 saturated heterocycles. The summed E-state index contributed by atoms with van der Waals surface area (Å²) in [7, 11) is 0. The molecule has 0 N–H and O–H groups in total. The predicted octanol–water partition coefficient (Wildman–Crippen LogP) is 3.64. The topological polar surface area (TPSA) is 0 Å². The highest BCUT2D eigenvalue weighted by atomic mass is 14.3. The molecular formula is C13H16. The summed E-state index contributed by atoms with van der Waals surface area (Å²) in [6.07, 6.45) is 17.0. The quantitative estimate of drug-likeness (QED) is 0.523. The van der Waals surface area contributed by atoms with Crippen molar-refractivity contribution in [3.63, 3.8) is 0 Å². The molecule has 0 bridgehead atoms.